The van der Waals surface area contributed by atoms with E-state index in [1.165, 1.54) is 0 Å². The summed E-state index contributed by atoms with van der Waals surface area (Å²) in [6.45, 7) is 0.837. The summed E-state index contributed by atoms with van der Waals surface area (Å²) in [4.78, 5) is 12.4. The van der Waals surface area contributed by atoms with Crippen molar-refractivity contribution >= 4 is 5.91 Å². The van der Waals surface area contributed by atoms with Crippen LogP contribution in [0.2, 0.25) is 0 Å². The van der Waals surface area contributed by atoms with Gasteiger partial charge in [-0.2, -0.15) is 5.10 Å². The van der Waals surface area contributed by atoms with Gasteiger partial charge in [0.25, 0.3) is 0 Å². The van der Waals surface area contributed by atoms with Crippen LogP contribution in [0.3, 0.4) is 0 Å². The van der Waals surface area contributed by atoms with Crippen LogP contribution in [-0.4, -0.2) is 39.5 Å². The van der Waals surface area contributed by atoms with Gasteiger partial charge >= 0.3 is 0 Å². The van der Waals surface area contributed by atoms with Crippen molar-refractivity contribution in [1.29, 1.82) is 0 Å². The van der Waals surface area contributed by atoms with Crippen LogP contribution in [0.25, 0.3) is 16.9 Å². The largest absolute Gasteiger partial charge is 0.392 e. The van der Waals surface area contributed by atoms with Crippen LogP contribution in [-0.2, 0) is 11.3 Å². The predicted octanol–water partition coefficient (Wildman–Crippen LogP) is 1.88. The molecule has 27 heavy (non-hydrogen) atoms. The zero-order chi connectivity index (χ0) is 18.6. The maximum Gasteiger partial charge on any atom is 0.237 e. The van der Waals surface area contributed by atoms with E-state index in [1.807, 2.05) is 71.5 Å². The number of amides is 1. The fourth-order valence-electron chi connectivity index (χ4n) is 3.31. The van der Waals surface area contributed by atoms with E-state index in [4.69, 9.17) is 5.10 Å². The van der Waals surface area contributed by atoms with E-state index in [1.54, 1.807) is 0 Å². The first-order chi connectivity index (χ1) is 13.2. The molecule has 0 bridgehead atoms. The Morgan fingerprint density at radius 1 is 1.15 bits per heavy atom. The van der Waals surface area contributed by atoms with E-state index in [2.05, 4.69) is 10.6 Å². The number of para-hydroxylation sites is 1. The zero-order valence-corrected chi connectivity index (χ0v) is 14.9. The lowest BCUT2D eigenvalue weighted by molar-refractivity contribution is -0.123. The van der Waals surface area contributed by atoms with Gasteiger partial charge < -0.3 is 15.7 Å². The topological polar surface area (TPSA) is 79.2 Å². The number of carbonyl (C=O) groups is 1. The summed E-state index contributed by atoms with van der Waals surface area (Å²) in [6.07, 6.45) is 1.94. The second-order valence-electron chi connectivity index (χ2n) is 6.72. The molecule has 4 rings (SSSR count). The summed E-state index contributed by atoms with van der Waals surface area (Å²) < 4.78 is 1.83. The minimum atomic E-state index is -0.457. The number of nitrogens with zero attached hydrogens (tertiary/aromatic N) is 2. The van der Waals surface area contributed by atoms with Crippen LogP contribution in [0.1, 0.15) is 12.0 Å². The molecule has 1 amide bonds. The normalized spacial score (nSPS) is 19.1. The highest BCUT2D eigenvalue weighted by atomic mass is 16.3. The molecule has 3 N–H and O–H groups in total. The van der Waals surface area contributed by atoms with Gasteiger partial charge in [-0.15, -0.1) is 0 Å². The summed E-state index contributed by atoms with van der Waals surface area (Å²) in [7, 11) is 0. The number of rotatable bonds is 5. The molecule has 6 heteroatoms. The molecule has 0 spiro atoms. The summed E-state index contributed by atoms with van der Waals surface area (Å²) in [6, 6.07) is 19.5. The molecule has 1 aliphatic heterocycles. The van der Waals surface area contributed by atoms with E-state index >= 15 is 0 Å². The average molecular weight is 362 g/mol. The molecule has 2 aromatic carbocycles. The standard InChI is InChI=1S/C21H22N4O2/c26-18-11-19(22-13-18)21(27)23-12-16-14-25(17-9-5-2-6-10-17)24-20(16)15-7-3-1-4-8-15/h1-10,14,18-19,22,26H,11-13H2,(H,23,27)/t18-,19-/m0/s1. The molecular weight excluding hydrogens is 340 g/mol. The molecular formula is C21H22N4O2. The Morgan fingerprint density at radius 3 is 2.52 bits per heavy atom. The predicted molar refractivity (Wildman–Crippen MR) is 103 cm³/mol. The smallest absolute Gasteiger partial charge is 0.237 e. The average Bonchev–Trinajstić information content (AvgIpc) is 3.34. The summed E-state index contributed by atoms with van der Waals surface area (Å²) >= 11 is 0. The second-order valence-corrected chi connectivity index (χ2v) is 6.72. The Hall–Kier alpha value is -2.96. The van der Waals surface area contributed by atoms with Crippen molar-refractivity contribution in [1.82, 2.24) is 20.4 Å². The molecule has 138 valence electrons. The van der Waals surface area contributed by atoms with Gasteiger partial charge in [-0.3, -0.25) is 4.79 Å². The highest BCUT2D eigenvalue weighted by molar-refractivity contribution is 5.82. The first-order valence-corrected chi connectivity index (χ1v) is 9.09. The van der Waals surface area contributed by atoms with E-state index in [9.17, 15) is 9.90 Å². The number of β-amino-alcohol motifs (C(OH)–C–C–N with tert-alkyl or cyclic N) is 1. The third kappa shape index (κ3) is 3.92. The molecule has 2 atom stereocenters. The Morgan fingerprint density at radius 2 is 1.85 bits per heavy atom. The van der Waals surface area contributed by atoms with Crippen LogP contribution >= 0.6 is 0 Å². The quantitative estimate of drug-likeness (QED) is 0.648. The SMILES string of the molecule is O=C(NCc1cn(-c2ccccc2)nc1-c1ccccc1)[C@@H]1C[C@H](O)CN1. The van der Waals surface area contributed by atoms with Gasteiger partial charge in [0.15, 0.2) is 0 Å². The molecule has 1 aromatic heterocycles. The minimum absolute atomic E-state index is 0.0991. The lowest BCUT2D eigenvalue weighted by Gasteiger charge is -2.11. The number of aromatic nitrogens is 2. The molecule has 0 unspecified atom stereocenters. The van der Waals surface area contributed by atoms with Crippen LogP contribution < -0.4 is 10.6 Å². The molecule has 0 radical (unpaired) electrons. The van der Waals surface area contributed by atoms with Gasteiger partial charge in [-0.05, 0) is 18.6 Å². The summed E-state index contributed by atoms with van der Waals surface area (Å²) in [5, 5.41) is 20.4. The van der Waals surface area contributed by atoms with Gasteiger partial charge in [0.1, 0.15) is 0 Å². The number of benzene rings is 2. The number of carbonyl (C=O) groups excluding carboxylic acids is 1. The van der Waals surface area contributed by atoms with Crippen molar-refractivity contribution in [3.8, 4) is 16.9 Å². The first kappa shape index (κ1) is 17.5. The molecule has 1 saturated heterocycles. The van der Waals surface area contributed by atoms with E-state index in [0.29, 0.717) is 19.5 Å². The van der Waals surface area contributed by atoms with Crippen molar-refractivity contribution in [2.24, 2.45) is 0 Å². The van der Waals surface area contributed by atoms with Crippen molar-refractivity contribution in [3.63, 3.8) is 0 Å². The Kier molecular flexibility index (Phi) is 5.00. The van der Waals surface area contributed by atoms with Gasteiger partial charge in [0.05, 0.1) is 23.5 Å². The van der Waals surface area contributed by atoms with Gasteiger partial charge in [0.2, 0.25) is 5.91 Å². The van der Waals surface area contributed by atoms with E-state index in [0.717, 1.165) is 22.5 Å². The molecule has 0 saturated carbocycles. The highest BCUT2D eigenvalue weighted by Gasteiger charge is 2.28. The lowest BCUT2D eigenvalue weighted by Crippen LogP contribution is -2.40. The maximum atomic E-state index is 12.4. The summed E-state index contributed by atoms with van der Waals surface area (Å²) in [5.74, 6) is -0.0991. The van der Waals surface area contributed by atoms with E-state index < -0.39 is 6.10 Å². The van der Waals surface area contributed by atoms with Gasteiger partial charge in [0, 0.05) is 30.4 Å². The van der Waals surface area contributed by atoms with Crippen molar-refractivity contribution < 1.29 is 9.90 Å². The Balaban J connectivity index is 1.58. The van der Waals surface area contributed by atoms with Crippen LogP contribution in [0.4, 0.5) is 0 Å². The number of nitrogens with one attached hydrogen (secondary N) is 2. The number of aliphatic hydroxyl groups is 1. The molecule has 6 nitrogen and oxygen atoms in total. The second kappa shape index (κ2) is 7.73. The monoisotopic (exact) mass is 362 g/mol. The fourth-order valence-corrected chi connectivity index (χ4v) is 3.31. The Bertz CT molecular complexity index is 908. The van der Waals surface area contributed by atoms with Crippen LogP contribution in [0.15, 0.2) is 66.9 Å². The van der Waals surface area contributed by atoms with Crippen LogP contribution in [0, 0.1) is 0 Å². The molecule has 2 heterocycles. The fraction of sp³-hybridized carbons (Fsp3) is 0.238. The van der Waals surface area contributed by atoms with Crippen molar-refractivity contribution in [2.75, 3.05) is 6.54 Å². The minimum Gasteiger partial charge on any atom is -0.392 e. The molecule has 0 aliphatic carbocycles. The molecule has 1 aliphatic rings. The van der Waals surface area contributed by atoms with E-state index in [-0.39, 0.29) is 11.9 Å². The third-order valence-corrected chi connectivity index (χ3v) is 4.74. The number of aliphatic hydroxyl groups excluding tert-OH is 1. The molecule has 1 fully saturated rings. The van der Waals surface area contributed by atoms with Crippen molar-refractivity contribution in [3.05, 3.63) is 72.4 Å². The maximum absolute atomic E-state index is 12.4. The first-order valence-electron chi connectivity index (χ1n) is 9.09. The lowest BCUT2D eigenvalue weighted by atomic mass is 10.1. The highest BCUT2D eigenvalue weighted by Crippen LogP contribution is 2.23. The van der Waals surface area contributed by atoms with Crippen molar-refractivity contribution in [2.45, 2.75) is 25.1 Å². The molecule has 3 aromatic rings. The van der Waals surface area contributed by atoms with Crippen LogP contribution in [0.5, 0.6) is 0 Å². The number of hydrogen-bond acceptors (Lipinski definition) is 4. The van der Waals surface area contributed by atoms with Gasteiger partial charge in [-0.25, -0.2) is 4.68 Å². The summed E-state index contributed by atoms with van der Waals surface area (Å²) in [5.41, 5.74) is 3.76. The number of hydrogen-bond donors (Lipinski definition) is 3. The Labute approximate surface area is 157 Å². The zero-order valence-electron chi connectivity index (χ0n) is 14.9. The van der Waals surface area contributed by atoms with Gasteiger partial charge in [-0.1, -0.05) is 48.5 Å². The third-order valence-electron chi connectivity index (χ3n) is 4.74.